The summed E-state index contributed by atoms with van der Waals surface area (Å²) in [5, 5.41) is 9.81. The molecular weight excluding hydrogens is 260 g/mol. The summed E-state index contributed by atoms with van der Waals surface area (Å²) in [6.45, 7) is 7.14. The number of nitrogens with one attached hydrogen (secondary N) is 2. The largest absolute Gasteiger partial charge is 0.508 e. The summed E-state index contributed by atoms with van der Waals surface area (Å²) < 4.78 is 10.2. The maximum absolute atomic E-state index is 11.5. The molecule has 0 aliphatic carbocycles. The molecule has 0 saturated carbocycles. The summed E-state index contributed by atoms with van der Waals surface area (Å²) in [7, 11) is 1.55. The van der Waals surface area contributed by atoms with Gasteiger partial charge in [-0.15, -0.1) is 0 Å². The Morgan fingerprint density at radius 1 is 1.35 bits per heavy atom. The molecule has 1 rings (SSSR count). The number of phenolic OH excluding ortho intramolecular Hbond substituents is 1. The second-order valence-electron chi connectivity index (χ2n) is 5.42. The lowest BCUT2D eigenvalue weighted by Crippen LogP contribution is -2.42. The Kier molecular flexibility index (Phi) is 5.21. The molecule has 1 aromatic rings. The van der Waals surface area contributed by atoms with Gasteiger partial charge < -0.3 is 14.6 Å². The normalized spacial score (nSPS) is 12.7. The highest BCUT2D eigenvalue weighted by atomic mass is 16.6. The van der Waals surface area contributed by atoms with E-state index in [2.05, 4.69) is 10.9 Å². The molecular formula is C14H22N2O4. The fourth-order valence-corrected chi connectivity index (χ4v) is 1.55. The van der Waals surface area contributed by atoms with Crippen molar-refractivity contribution in [3.63, 3.8) is 0 Å². The molecule has 0 heterocycles. The van der Waals surface area contributed by atoms with Crippen molar-refractivity contribution in [2.24, 2.45) is 0 Å². The minimum Gasteiger partial charge on any atom is -0.508 e. The van der Waals surface area contributed by atoms with Crippen molar-refractivity contribution < 1.29 is 19.4 Å². The maximum atomic E-state index is 11.5. The van der Waals surface area contributed by atoms with E-state index in [-0.39, 0.29) is 11.8 Å². The lowest BCUT2D eigenvalue weighted by molar-refractivity contribution is 0.0489. The molecule has 0 aliphatic rings. The van der Waals surface area contributed by atoms with E-state index in [9.17, 15) is 9.90 Å². The molecule has 0 aromatic heterocycles. The standard InChI is InChI=1S/C14H22N2O4/c1-9(15-16-13(18)20-14(2,3)4)11-8-10(19-5)6-7-12(11)17/h6-9,15,17H,1-5H3,(H,16,18). The molecule has 20 heavy (non-hydrogen) atoms. The first-order chi connectivity index (χ1) is 9.23. The van der Waals surface area contributed by atoms with Gasteiger partial charge in [0.25, 0.3) is 0 Å². The highest BCUT2D eigenvalue weighted by Crippen LogP contribution is 2.27. The highest BCUT2D eigenvalue weighted by molar-refractivity contribution is 5.67. The van der Waals surface area contributed by atoms with Crippen molar-refractivity contribution in [2.75, 3.05) is 7.11 Å². The SMILES string of the molecule is COc1ccc(O)c(C(C)NNC(=O)OC(C)(C)C)c1. The van der Waals surface area contributed by atoms with Gasteiger partial charge in [-0.1, -0.05) is 0 Å². The Morgan fingerprint density at radius 3 is 2.55 bits per heavy atom. The Balaban J connectivity index is 2.63. The third-order valence-electron chi connectivity index (χ3n) is 2.49. The van der Waals surface area contributed by atoms with E-state index in [0.29, 0.717) is 11.3 Å². The van der Waals surface area contributed by atoms with Gasteiger partial charge in [-0.05, 0) is 45.9 Å². The van der Waals surface area contributed by atoms with E-state index < -0.39 is 11.7 Å². The minimum absolute atomic E-state index is 0.122. The molecule has 6 nitrogen and oxygen atoms in total. The highest BCUT2D eigenvalue weighted by Gasteiger charge is 2.17. The zero-order chi connectivity index (χ0) is 15.3. The third-order valence-corrected chi connectivity index (χ3v) is 2.49. The van der Waals surface area contributed by atoms with Crippen LogP contribution < -0.4 is 15.6 Å². The van der Waals surface area contributed by atoms with Gasteiger partial charge in [0.05, 0.1) is 13.2 Å². The van der Waals surface area contributed by atoms with Crippen LogP contribution in [0.1, 0.15) is 39.3 Å². The third kappa shape index (κ3) is 4.97. The number of hydrogen-bond acceptors (Lipinski definition) is 5. The van der Waals surface area contributed by atoms with Gasteiger partial charge in [0.1, 0.15) is 17.1 Å². The molecule has 3 N–H and O–H groups in total. The number of carbonyl (C=O) groups excluding carboxylic acids is 1. The minimum atomic E-state index is -0.577. The molecule has 0 radical (unpaired) electrons. The van der Waals surface area contributed by atoms with Crippen molar-refractivity contribution in [1.29, 1.82) is 0 Å². The van der Waals surface area contributed by atoms with E-state index in [0.717, 1.165) is 0 Å². The topological polar surface area (TPSA) is 79.8 Å². The number of methoxy groups -OCH3 is 1. The molecule has 1 aromatic carbocycles. The van der Waals surface area contributed by atoms with Crippen molar-refractivity contribution >= 4 is 6.09 Å². The number of benzene rings is 1. The summed E-state index contributed by atoms with van der Waals surface area (Å²) in [5.41, 5.74) is 5.26. The summed E-state index contributed by atoms with van der Waals surface area (Å²) in [5.74, 6) is 0.750. The molecule has 6 heteroatoms. The molecule has 0 saturated heterocycles. The number of amides is 1. The van der Waals surface area contributed by atoms with Gasteiger partial charge in [0.2, 0.25) is 0 Å². The van der Waals surface area contributed by atoms with E-state index >= 15 is 0 Å². The average Bonchev–Trinajstić information content (AvgIpc) is 2.34. The molecule has 1 unspecified atom stereocenters. The predicted octanol–water partition coefficient (Wildman–Crippen LogP) is 2.49. The Labute approximate surface area is 119 Å². The monoisotopic (exact) mass is 282 g/mol. The smallest absolute Gasteiger partial charge is 0.422 e. The van der Waals surface area contributed by atoms with E-state index in [1.165, 1.54) is 0 Å². The predicted molar refractivity (Wildman–Crippen MR) is 75.6 cm³/mol. The number of aromatic hydroxyl groups is 1. The van der Waals surface area contributed by atoms with Gasteiger partial charge in [0.15, 0.2) is 0 Å². The first kappa shape index (κ1) is 16.1. The number of rotatable bonds is 4. The van der Waals surface area contributed by atoms with Gasteiger partial charge >= 0.3 is 6.09 Å². The van der Waals surface area contributed by atoms with Crippen molar-refractivity contribution in [3.05, 3.63) is 23.8 Å². The molecule has 112 valence electrons. The quantitative estimate of drug-likeness (QED) is 0.739. The molecule has 0 aliphatic heterocycles. The van der Waals surface area contributed by atoms with Crippen LogP contribution in [-0.2, 0) is 4.74 Å². The van der Waals surface area contributed by atoms with Crippen molar-refractivity contribution in [1.82, 2.24) is 10.9 Å². The molecule has 0 bridgehead atoms. The van der Waals surface area contributed by atoms with Gasteiger partial charge in [-0.25, -0.2) is 10.2 Å². The Morgan fingerprint density at radius 2 is 2.00 bits per heavy atom. The number of hydrogen-bond donors (Lipinski definition) is 3. The van der Waals surface area contributed by atoms with Crippen molar-refractivity contribution in [2.45, 2.75) is 39.3 Å². The number of hydrazine groups is 1. The average molecular weight is 282 g/mol. The van der Waals surface area contributed by atoms with Crippen LogP contribution in [0.5, 0.6) is 11.5 Å². The number of phenols is 1. The van der Waals surface area contributed by atoms with Crippen LogP contribution in [0.2, 0.25) is 0 Å². The molecule has 0 spiro atoms. The molecule has 0 fully saturated rings. The van der Waals surface area contributed by atoms with E-state index in [1.807, 2.05) is 0 Å². The van der Waals surface area contributed by atoms with Crippen LogP contribution in [0.15, 0.2) is 18.2 Å². The van der Waals surface area contributed by atoms with Crippen LogP contribution in [0, 0.1) is 0 Å². The first-order valence-electron chi connectivity index (χ1n) is 6.34. The first-order valence-corrected chi connectivity index (χ1v) is 6.34. The van der Waals surface area contributed by atoms with Gasteiger partial charge in [0, 0.05) is 5.56 Å². The van der Waals surface area contributed by atoms with Crippen molar-refractivity contribution in [3.8, 4) is 11.5 Å². The second kappa shape index (κ2) is 6.47. The van der Waals surface area contributed by atoms with Gasteiger partial charge in [-0.3, -0.25) is 5.43 Å². The number of ether oxygens (including phenoxy) is 2. The zero-order valence-electron chi connectivity index (χ0n) is 12.5. The fraction of sp³-hybridized carbons (Fsp3) is 0.500. The molecule has 1 atom stereocenters. The Hall–Kier alpha value is -1.95. The summed E-state index contributed by atoms with van der Waals surface area (Å²) in [4.78, 5) is 11.5. The number of carbonyl (C=O) groups is 1. The van der Waals surface area contributed by atoms with E-state index in [4.69, 9.17) is 9.47 Å². The maximum Gasteiger partial charge on any atom is 0.422 e. The zero-order valence-corrected chi connectivity index (χ0v) is 12.5. The Bertz CT molecular complexity index is 469. The van der Waals surface area contributed by atoms with Crippen LogP contribution in [0.25, 0.3) is 0 Å². The fourth-order valence-electron chi connectivity index (χ4n) is 1.55. The summed E-state index contributed by atoms with van der Waals surface area (Å²) in [6, 6.07) is 4.59. The van der Waals surface area contributed by atoms with Crippen LogP contribution in [0.4, 0.5) is 4.79 Å². The van der Waals surface area contributed by atoms with Gasteiger partial charge in [-0.2, -0.15) is 0 Å². The van der Waals surface area contributed by atoms with Crippen LogP contribution >= 0.6 is 0 Å². The van der Waals surface area contributed by atoms with E-state index in [1.54, 1.807) is 53.0 Å². The van der Waals surface area contributed by atoms with Crippen LogP contribution in [0.3, 0.4) is 0 Å². The lowest BCUT2D eigenvalue weighted by atomic mass is 10.1. The summed E-state index contributed by atoms with van der Waals surface area (Å²) in [6.07, 6.45) is -0.577. The van der Waals surface area contributed by atoms with Crippen LogP contribution in [-0.4, -0.2) is 23.9 Å². The second-order valence-corrected chi connectivity index (χ2v) is 5.42. The molecule has 1 amide bonds. The lowest BCUT2D eigenvalue weighted by Gasteiger charge is -2.22. The summed E-state index contributed by atoms with van der Waals surface area (Å²) >= 11 is 0.